The van der Waals surface area contributed by atoms with Crippen molar-refractivity contribution in [3.8, 4) is 0 Å². The van der Waals surface area contributed by atoms with Crippen LogP contribution in [0.4, 0.5) is 4.39 Å². The molecule has 6 atom stereocenters. The van der Waals surface area contributed by atoms with E-state index in [0.29, 0.717) is 6.42 Å². The Hall–Kier alpha value is -1.09. The molecule has 160 valence electrons. The maximum absolute atomic E-state index is 14.2. The van der Waals surface area contributed by atoms with Gasteiger partial charge >= 0.3 is 7.60 Å². The third-order valence-corrected chi connectivity index (χ3v) is 7.21. The van der Waals surface area contributed by atoms with Crippen molar-refractivity contribution in [1.29, 1.82) is 0 Å². The number of aliphatic hydroxyl groups excluding tert-OH is 1. The largest absolute Gasteiger partial charge is 0.388 e. The van der Waals surface area contributed by atoms with Gasteiger partial charge in [0.1, 0.15) is 18.3 Å². The molecule has 28 heavy (non-hydrogen) atoms. The smallest absolute Gasteiger partial charge is 0.331 e. The van der Waals surface area contributed by atoms with Gasteiger partial charge in [0, 0.05) is 25.2 Å². The number of aromatic amines is 1. The molecule has 2 heterocycles. The summed E-state index contributed by atoms with van der Waals surface area (Å²) in [6, 6.07) is 2.45. The number of aliphatic hydroxyl groups is 1. The number of H-pyrrole nitrogens is 1. The van der Waals surface area contributed by atoms with Gasteiger partial charge in [-0.3, -0.25) is 14.3 Å². The number of ether oxygens (including phenoxy) is 2. The van der Waals surface area contributed by atoms with E-state index in [1.165, 1.54) is 13.2 Å². The molecular formula is C18H29FNO7P. The summed E-state index contributed by atoms with van der Waals surface area (Å²) in [5.41, 5.74) is -2.16. The van der Waals surface area contributed by atoms with Crippen molar-refractivity contribution in [2.45, 2.75) is 76.2 Å². The van der Waals surface area contributed by atoms with Crippen LogP contribution < -0.4 is 5.56 Å². The summed E-state index contributed by atoms with van der Waals surface area (Å²) in [5.74, 6) is -0.860. The van der Waals surface area contributed by atoms with Gasteiger partial charge in [0.15, 0.2) is 5.95 Å². The Bertz CT molecular complexity index is 785. The molecule has 10 heteroatoms. The first-order valence-corrected chi connectivity index (χ1v) is 10.9. The van der Waals surface area contributed by atoms with Crippen LogP contribution >= 0.6 is 7.60 Å². The fraction of sp³-hybridized carbons (Fsp3) is 0.722. The zero-order chi connectivity index (χ0) is 21.3. The molecule has 1 aromatic heterocycles. The Kier molecular flexibility index (Phi) is 7.23. The predicted octanol–water partition coefficient (Wildman–Crippen LogP) is 2.50. The molecule has 0 amide bonds. The Morgan fingerprint density at radius 3 is 2.57 bits per heavy atom. The second-order valence-corrected chi connectivity index (χ2v) is 9.98. The third-order valence-electron chi connectivity index (χ3n) is 5.20. The molecular weight excluding hydrogens is 392 g/mol. The first-order chi connectivity index (χ1) is 12.9. The number of hydrogen-bond acceptors (Lipinski definition) is 6. The second kappa shape index (κ2) is 8.73. The number of hydrogen-bond donors (Lipinski definition) is 3. The number of halogens is 1. The highest BCUT2D eigenvalue weighted by Gasteiger charge is 2.49. The predicted molar refractivity (Wildman–Crippen MR) is 101 cm³/mol. The van der Waals surface area contributed by atoms with E-state index in [9.17, 15) is 23.7 Å². The van der Waals surface area contributed by atoms with E-state index in [4.69, 9.17) is 14.0 Å². The highest BCUT2D eigenvalue weighted by atomic mass is 31.2. The maximum atomic E-state index is 14.2. The van der Waals surface area contributed by atoms with Crippen LogP contribution in [0.25, 0.3) is 0 Å². The zero-order valence-corrected chi connectivity index (χ0v) is 17.6. The van der Waals surface area contributed by atoms with E-state index in [2.05, 4.69) is 4.98 Å². The fourth-order valence-electron chi connectivity index (χ4n) is 3.19. The highest BCUT2D eigenvalue weighted by Crippen LogP contribution is 2.53. The number of pyridine rings is 1. The van der Waals surface area contributed by atoms with Crippen molar-refractivity contribution in [2.24, 2.45) is 0 Å². The minimum absolute atomic E-state index is 0.0575. The molecule has 1 fully saturated rings. The van der Waals surface area contributed by atoms with Crippen LogP contribution in [-0.2, 0) is 18.6 Å². The van der Waals surface area contributed by atoms with E-state index in [1.54, 1.807) is 27.7 Å². The van der Waals surface area contributed by atoms with Gasteiger partial charge in [0.05, 0.1) is 17.4 Å². The monoisotopic (exact) mass is 421 g/mol. The molecule has 1 aliphatic heterocycles. The summed E-state index contributed by atoms with van der Waals surface area (Å²) in [5, 5.41) is 10.7. The van der Waals surface area contributed by atoms with Crippen LogP contribution in [0.3, 0.4) is 0 Å². The summed E-state index contributed by atoms with van der Waals surface area (Å²) < 4.78 is 43.3. The summed E-state index contributed by atoms with van der Waals surface area (Å²) in [6.45, 7) is 6.65. The topological polar surface area (TPSA) is 118 Å². The Balaban J connectivity index is 2.26. The molecule has 0 aromatic carbocycles. The SMILES string of the molecule is CCC(C)(CC1OC(c2ccc(=O)[nH]c2F)C(OC)C1O)OP(=O)(O)C(C)C. The molecule has 0 bridgehead atoms. The minimum Gasteiger partial charge on any atom is -0.388 e. The van der Waals surface area contributed by atoms with E-state index >= 15 is 0 Å². The summed E-state index contributed by atoms with van der Waals surface area (Å²) in [6.07, 6.45) is -3.27. The summed E-state index contributed by atoms with van der Waals surface area (Å²) >= 11 is 0. The van der Waals surface area contributed by atoms with Gasteiger partial charge in [0.2, 0.25) is 5.56 Å². The average molecular weight is 421 g/mol. The standard InChI is InChI=1S/C18H29FNO7P/c1-6-18(4,27-28(23,24)10(2)3)9-12-14(22)16(25-5)15(26-12)11-7-8-13(21)20-17(11)19/h7-8,10,12,14-16,22H,6,9H2,1-5H3,(H,20,21)(H,23,24). The molecule has 1 aliphatic rings. The lowest BCUT2D eigenvalue weighted by molar-refractivity contribution is -0.0476. The summed E-state index contributed by atoms with van der Waals surface area (Å²) in [7, 11) is -2.49. The van der Waals surface area contributed by atoms with E-state index in [-0.39, 0.29) is 12.0 Å². The Morgan fingerprint density at radius 2 is 2.07 bits per heavy atom. The second-order valence-electron chi connectivity index (χ2n) is 7.63. The summed E-state index contributed by atoms with van der Waals surface area (Å²) in [4.78, 5) is 23.4. The van der Waals surface area contributed by atoms with Gasteiger partial charge < -0.3 is 24.0 Å². The van der Waals surface area contributed by atoms with Gasteiger partial charge in [-0.15, -0.1) is 0 Å². The number of aromatic nitrogens is 1. The van der Waals surface area contributed by atoms with E-state index in [0.717, 1.165) is 6.07 Å². The van der Waals surface area contributed by atoms with Crippen LogP contribution in [0.5, 0.6) is 0 Å². The lowest BCUT2D eigenvalue weighted by Gasteiger charge is -2.34. The first-order valence-electron chi connectivity index (χ1n) is 9.22. The van der Waals surface area contributed by atoms with Crippen LogP contribution in [-0.4, -0.2) is 51.7 Å². The molecule has 1 saturated heterocycles. The van der Waals surface area contributed by atoms with Crippen molar-refractivity contribution in [3.63, 3.8) is 0 Å². The van der Waals surface area contributed by atoms with Crippen LogP contribution in [0.15, 0.2) is 16.9 Å². The normalized spacial score (nSPS) is 29.6. The average Bonchev–Trinajstić information content (AvgIpc) is 2.89. The molecule has 3 N–H and O–H groups in total. The molecule has 6 unspecified atom stereocenters. The van der Waals surface area contributed by atoms with Crippen molar-refractivity contribution in [1.82, 2.24) is 4.98 Å². The molecule has 0 saturated carbocycles. The van der Waals surface area contributed by atoms with Gasteiger partial charge in [0.25, 0.3) is 0 Å². The van der Waals surface area contributed by atoms with Gasteiger partial charge in [-0.05, 0) is 19.4 Å². The molecule has 0 spiro atoms. The molecule has 0 aliphatic carbocycles. The number of methoxy groups -OCH3 is 1. The van der Waals surface area contributed by atoms with E-state index in [1.807, 2.05) is 0 Å². The molecule has 8 nitrogen and oxygen atoms in total. The first kappa shape index (κ1) is 23.2. The van der Waals surface area contributed by atoms with Gasteiger partial charge in [-0.1, -0.05) is 20.8 Å². The Labute approximate surface area is 163 Å². The van der Waals surface area contributed by atoms with Crippen molar-refractivity contribution in [3.05, 3.63) is 34.0 Å². The van der Waals surface area contributed by atoms with Crippen LogP contribution in [0.2, 0.25) is 0 Å². The minimum atomic E-state index is -3.86. The Morgan fingerprint density at radius 1 is 1.43 bits per heavy atom. The molecule has 1 aromatic rings. The number of rotatable bonds is 8. The van der Waals surface area contributed by atoms with Crippen LogP contribution in [0, 0.1) is 5.95 Å². The quantitative estimate of drug-likeness (QED) is 0.436. The van der Waals surface area contributed by atoms with Crippen molar-refractivity contribution < 1.29 is 33.0 Å². The van der Waals surface area contributed by atoms with Gasteiger partial charge in [-0.25, -0.2) is 0 Å². The lowest BCUT2D eigenvalue weighted by Crippen LogP contribution is -2.39. The van der Waals surface area contributed by atoms with E-state index < -0.39 is 54.8 Å². The fourth-order valence-corrected chi connectivity index (χ4v) is 4.24. The zero-order valence-electron chi connectivity index (χ0n) is 16.7. The molecule has 2 rings (SSSR count). The van der Waals surface area contributed by atoms with Gasteiger partial charge in [-0.2, -0.15) is 4.39 Å². The third kappa shape index (κ3) is 4.90. The van der Waals surface area contributed by atoms with Crippen molar-refractivity contribution in [2.75, 3.05) is 7.11 Å². The van der Waals surface area contributed by atoms with Crippen molar-refractivity contribution >= 4 is 7.60 Å². The van der Waals surface area contributed by atoms with Crippen LogP contribution in [0.1, 0.15) is 52.2 Å². The number of nitrogens with one attached hydrogen (secondary N) is 1. The maximum Gasteiger partial charge on any atom is 0.331 e. The highest BCUT2D eigenvalue weighted by molar-refractivity contribution is 7.53. The lowest BCUT2D eigenvalue weighted by atomic mass is 9.92. The molecule has 0 radical (unpaired) electrons.